The van der Waals surface area contributed by atoms with Crippen LogP contribution in [0.1, 0.15) is 6.92 Å². The Balaban J connectivity index is 2.54. The van der Waals surface area contributed by atoms with Gasteiger partial charge in [-0.1, -0.05) is 23.2 Å². The van der Waals surface area contributed by atoms with Crippen molar-refractivity contribution in [3.63, 3.8) is 0 Å². The summed E-state index contributed by atoms with van der Waals surface area (Å²) in [5.41, 5.74) is 0.310. The Morgan fingerprint density at radius 2 is 1.95 bits per heavy atom. The van der Waals surface area contributed by atoms with Gasteiger partial charge in [0.25, 0.3) is 0 Å². The molecule has 0 fully saturated rings. The number of aliphatic carboxylic acids is 1. The number of anilines is 1. The summed E-state index contributed by atoms with van der Waals surface area (Å²) in [6.07, 6.45) is 0. The lowest BCUT2D eigenvalue weighted by Gasteiger charge is -2.10. The van der Waals surface area contributed by atoms with Crippen LogP contribution in [0, 0.1) is 5.92 Å². The quantitative estimate of drug-likeness (QED) is 0.721. The molecule has 0 saturated heterocycles. The molecule has 1 unspecified atom stereocenters. The minimum Gasteiger partial charge on any atom is -0.481 e. The molecule has 0 aliphatic rings. The molecule has 20 heavy (non-hydrogen) atoms. The van der Waals surface area contributed by atoms with Gasteiger partial charge in [-0.05, 0) is 25.1 Å². The van der Waals surface area contributed by atoms with Gasteiger partial charge in [0.1, 0.15) is 5.92 Å². The number of carbonyl (C=O) groups excluding carboxylic acids is 2. The van der Waals surface area contributed by atoms with Gasteiger partial charge in [-0.25, -0.2) is 0 Å². The molecule has 1 aromatic rings. The van der Waals surface area contributed by atoms with E-state index in [9.17, 15) is 14.4 Å². The number of halogens is 2. The number of hydrogen-bond acceptors (Lipinski definition) is 3. The van der Waals surface area contributed by atoms with Gasteiger partial charge in [0.05, 0.1) is 17.3 Å². The Morgan fingerprint density at radius 1 is 1.30 bits per heavy atom. The molecule has 0 aromatic heterocycles. The second-order valence-corrected chi connectivity index (χ2v) is 4.79. The third kappa shape index (κ3) is 4.71. The minimum atomic E-state index is -1.26. The fourth-order valence-electron chi connectivity index (χ4n) is 1.22. The van der Waals surface area contributed by atoms with Crippen molar-refractivity contribution >= 4 is 46.7 Å². The van der Waals surface area contributed by atoms with Gasteiger partial charge >= 0.3 is 5.97 Å². The average molecular weight is 319 g/mol. The fraction of sp³-hybridized carbons (Fsp3) is 0.250. The zero-order valence-corrected chi connectivity index (χ0v) is 12.0. The first-order valence-electron chi connectivity index (χ1n) is 5.56. The summed E-state index contributed by atoms with van der Waals surface area (Å²) >= 11 is 11.6. The molecule has 0 radical (unpaired) electrons. The molecule has 0 aliphatic carbocycles. The Morgan fingerprint density at radius 3 is 2.55 bits per heavy atom. The molecular formula is C12H12Cl2N2O4. The van der Waals surface area contributed by atoms with Gasteiger partial charge in [-0.15, -0.1) is 0 Å². The van der Waals surface area contributed by atoms with Crippen molar-refractivity contribution in [1.29, 1.82) is 0 Å². The normalized spacial score (nSPS) is 11.6. The highest BCUT2D eigenvalue weighted by Crippen LogP contribution is 2.25. The summed E-state index contributed by atoms with van der Waals surface area (Å²) in [6.45, 7) is 0.864. The Labute approximate surface area is 125 Å². The smallest absolute Gasteiger partial charge is 0.315 e. The largest absolute Gasteiger partial charge is 0.481 e. The molecule has 1 rings (SSSR count). The van der Waals surface area contributed by atoms with E-state index in [1.54, 1.807) is 6.07 Å². The Bertz CT molecular complexity index is 548. The van der Waals surface area contributed by atoms with Crippen LogP contribution in [0.4, 0.5) is 5.69 Å². The van der Waals surface area contributed by atoms with E-state index in [4.69, 9.17) is 28.3 Å². The van der Waals surface area contributed by atoms with Gasteiger partial charge in [0, 0.05) is 5.02 Å². The topological polar surface area (TPSA) is 95.5 Å². The minimum absolute atomic E-state index is 0.299. The molecule has 108 valence electrons. The van der Waals surface area contributed by atoms with E-state index in [0.29, 0.717) is 15.7 Å². The monoisotopic (exact) mass is 318 g/mol. The third-order valence-electron chi connectivity index (χ3n) is 2.39. The first-order chi connectivity index (χ1) is 9.31. The molecule has 0 spiro atoms. The number of carboxylic acids is 1. The Kier molecular flexibility index (Phi) is 5.79. The molecule has 2 amide bonds. The molecule has 0 aliphatic heterocycles. The number of benzene rings is 1. The highest BCUT2D eigenvalue weighted by Gasteiger charge is 2.20. The van der Waals surface area contributed by atoms with Crippen molar-refractivity contribution in [2.24, 2.45) is 5.92 Å². The third-order valence-corrected chi connectivity index (χ3v) is 2.95. The molecule has 3 N–H and O–H groups in total. The summed E-state index contributed by atoms with van der Waals surface area (Å²) in [5, 5.41) is 14.0. The molecule has 0 saturated carbocycles. The predicted molar refractivity (Wildman–Crippen MR) is 74.9 cm³/mol. The first-order valence-corrected chi connectivity index (χ1v) is 6.32. The van der Waals surface area contributed by atoms with Crippen LogP contribution >= 0.6 is 23.2 Å². The van der Waals surface area contributed by atoms with Crippen LogP contribution in [-0.4, -0.2) is 29.4 Å². The van der Waals surface area contributed by atoms with E-state index in [1.165, 1.54) is 19.1 Å². The second-order valence-electron chi connectivity index (χ2n) is 3.95. The van der Waals surface area contributed by atoms with Crippen LogP contribution < -0.4 is 10.6 Å². The predicted octanol–water partition coefficient (Wildman–Crippen LogP) is 1.77. The van der Waals surface area contributed by atoms with Crippen LogP contribution in [0.15, 0.2) is 18.2 Å². The summed E-state index contributed by atoms with van der Waals surface area (Å²) in [6, 6.07) is 4.55. The van der Waals surface area contributed by atoms with Crippen molar-refractivity contribution in [3.05, 3.63) is 28.2 Å². The number of nitrogens with one attached hydrogen (secondary N) is 2. The van der Waals surface area contributed by atoms with Crippen molar-refractivity contribution in [2.75, 3.05) is 11.9 Å². The molecule has 0 bridgehead atoms. The van der Waals surface area contributed by atoms with Crippen molar-refractivity contribution in [2.45, 2.75) is 6.92 Å². The van der Waals surface area contributed by atoms with Gasteiger partial charge in [-0.3, -0.25) is 14.4 Å². The van der Waals surface area contributed by atoms with Crippen LogP contribution in [0.2, 0.25) is 10.0 Å². The van der Waals surface area contributed by atoms with Crippen LogP contribution in [0.5, 0.6) is 0 Å². The molecule has 1 atom stereocenters. The Hall–Kier alpha value is -1.79. The van der Waals surface area contributed by atoms with E-state index < -0.39 is 23.7 Å². The van der Waals surface area contributed by atoms with E-state index >= 15 is 0 Å². The lowest BCUT2D eigenvalue weighted by Crippen LogP contribution is -2.38. The summed E-state index contributed by atoms with van der Waals surface area (Å²) in [7, 11) is 0. The lowest BCUT2D eigenvalue weighted by molar-refractivity contribution is -0.146. The lowest BCUT2D eigenvalue weighted by atomic mass is 10.2. The SMILES string of the molecule is CC(C(=O)O)C(=O)NCC(=O)Nc1cc(Cl)ccc1Cl. The number of hydrogen-bond donors (Lipinski definition) is 3. The van der Waals surface area contributed by atoms with E-state index in [2.05, 4.69) is 10.6 Å². The van der Waals surface area contributed by atoms with Crippen LogP contribution in [-0.2, 0) is 14.4 Å². The van der Waals surface area contributed by atoms with Crippen LogP contribution in [0.25, 0.3) is 0 Å². The molecule has 0 heterocycles. The number of carbonyl (C=O) groups is 3. The summed E-state index contributed by atoms with van der Waals surface area (Å²) in [4.78, 5) is 33.5. The summed E-state index contributed by atoms with van der Waals surface area (Å²) in [5.74, 6) is -3.77. The molecule has 6 nitrogen and oxygen atoms in total. The zero-order valence-electron chi connectivity index (χ0n) is 10.4. The molecular weight excluding hydrogens is 307 g/mol. The van der Waals surface area contributed by atoms with Crippen molar-refractivity contribution in [1.82, 2.24) is 5.32 Å². The maximum absolute atomic E-state index is 11.6. The van der Waals surface area contributed by atoms with Gasteiger partial charge in [0.15, 0.2) is 0 Å². The molecule has 1 aromatic carbocycles. The van der Waals surface area contributed by atoms with Gasteiger partial charge < -0.3 is 15.7 Å². The highest BCUT2D eigenvalue weighted by molar-refractivity contribution is 6.35. The van der Waals surface area contributed by atoms with E-state index in [1.807, 2.05) is 0 Å². The van der Waals surface area contributed by atoms with Crippen molar-refractivity contribution < 1.29 is 19.5 Å². The molecule has 8 heteroatoms. The fourth-order valence-corrected chi connectivity index (χ4v) is 1.56. The standard InChI is InChI=1S/C12H12Cl2N2O4/c1-6(12(19)20)11(18)15-5-10(17)16-9-4-7(13)2-3-8(9)14/h2-4,6H,5H2,1H3,(H,15,18)(H,16,17)(H,19,20). The van der Waals surface area contributed by atoms with E-state index in [0.717, 1.165) is 0 Å². The first kappa shape index (κ1) is 16.3. The highest BCUT2D eigenvalue weighted by atomic mass is 35.5. The summed E-state index contributed by atoms with van der Waals surface area (Å²) < 4.78 is 0. The second kappa shape index (κ2) is 7.12. The zero-order chi connectivity index (χ0) is 15.3. The number of amides is 2. The maximum atomic E-state index is 11.6. The van der Waals surface area contributed by atoms with E-state index in [-0.39, 0.29) is 6.54 Å². The van der Waals surface area contributed by atoms with Crippen molar-refractivity contribution in [3.8, 4) is 0 Å². The average Bonchev–Trinajstić information content (AvgIpc) is 2.39. The number of carboxylic acid groups (broad SMARTS) is 1. The van der Waals surface area contributed by atoms with Crippen LogP contribution in [0.3, 0.4) is 0 Å². The van der Waals surface area contributed by atoms with Gasteiger partial charge in [0.2, 0.25) is 11.8 Å². The maximum Gasteiger partial charge on any atom is 0.315 e. The number of rotatable bonds is 5. The van der Waals surface area contributed by atoms with Gasteiger partial charge in [-0.2, -0.15) is 0 Å².